The summed E-state index contributed by atoms with van der Waals surface area (Å²) in [7, 11) is 0. The lowest BCUT2D eigenvalue weighted by atomic mass is 9.81. The van der Waals surface area contributed by atoms with E-state index in [1.54, 1.807) is 0 Å². The van der Waals surface area contributed by atoms with Crippen LogP contribution in [0.3, 0.4) is 0 Å². The van der Waals surface area contributed by atoms with Crippen LogP contribution in [-0.4, -0.2) is 18.5 Å². The maximum absolute atomic E-state index is 12.9. The van der Waals surface area contributed by atoms with Crippen LogP contribution in [0.2, 0.25) is 0 Å². The van der Waals surface area contributed by atoms with Gasteiger partial charge in [-0.3, -0.25) is 4.79 Å². The van der Waals surface area contributed by atoms with Crippen molar-refractivity contribution in [3.05, 3.63) is 63.6 Å². The SMILES string of the molecule is N[C@H]1Cc2c(Br)ccc3c2[C@H](C1)CN3C(=O)c1ccccc1. The number of hydrogen-bond acceptors (Lipinski definition) is 2. The maximum Gasteiger partial charge on any atom is 0.258 e. The Bertz CT molecular complexity index is 744. The Morgan fingerprint density at radius 3 is 2.73 bits per heavy atom. The molecule has 0 spiro atoms. The minimum atomic E-state index is 0.0769. The zero-order chi connectivity index (χ0) is 15.3. The first-order chi connectivity index (χ1) is 10.6. The van der Waals surface area contributed by atoms with Crippen molar-refractivity contribution in [2.45, 2.75) is 24.8 Å². The molecule has 112 valence electrons. The summed E-state index contributed by atoms with van der Waals surface area (Å²) in [5.41, 5.74) is 10.6. The number of hydrogen-bond donors (Lipinski definition) is 1. The van der Waals surface area contributed by atoms with Crippen molar-refractivity contribution < 1.29 is 4.79 Å². The molecule has 2 aromatic carbocycles. The summed E-state index contributed by atoms with van der Waals surface area (Å²) in [6, 6.07) is 13.8. The fourth-order valence-electron chi connectivity index (χ4n) is 3.77. The monoisotopic (exact) mass is 356 g/mol. The summed E-state index contributed by atoms with van der Waals surface area (Å²) in [4.78, 5) is 14.8. The molecule has 2 aromatic rings. The summed E-state index contributed by atoms with van der Waals surface area (Å²) in [5, 5.41) is 0. The first-order valence-corrected chi connectivity index (χ1v) is 8.38. The van der Waals surface area contributed by atoms with Crippen molar-refractivity contribution >= 4 is 27.5 Å². The first kappa shape index (κ1) is 14.0. The van der Waals surface area contributed by atoms with E-state index in [0.717, 1.165) is 35.1 Å². The number of amides is 1. The molecule has 2 aliphatic rings. The molecule has 1 aliphatic carbocycles. The van der Waals surface area contributed by atoms with Crippen molar-refractivity contribution in [3.63, 3.8) is 0 Å². The van der Waals surface area contributed by atoms with E-state index in [4.69, 9.17) is 5.73 Å². The number of nitrogens with two attached hydrogens (primary N) is 1. The number of carbonyl (C=O) groups is 1. The van der Waals surface area contributed by atoms with E-state index < -0.39 is 0 Å². The van der Waals surface area contributed by atoms with Gasteiger partial charge >= 0.3 is 0 Å². The second-order valence-electron chi connectivity index (χ2n) is 6.14. The number of rotatable bonds is 1. The second-order valence-corrected chi connectivity index (χ2v) is 6.99. The van der Waals surface area contributed by atoms with Crippen molar-refractivity contribution in [1.29, 1.82) is 0 Å². The van der Waals surface area contributed by atoms with Gasteiger partial charge in [0.2, 0.25) is 0 Å². The standard InChI is InChI=1S/C18H17BrN2O/c19-15-6-7-16-17-12(8-13(20)9-14(15)17)10-21(16)18(22)11-4-2-1-3-5-11/h1-7,12-13H,8-10,20H2/t12-,13-/m1/s1. The van der Waals surface area contributed by atoms with Crippen molar-refractivity contribution in [1.82, 2.24) is 0 Å². The lowest BCUT2D eigenvalue weighted by Crippen LogP contribution is -2.33. The lowest BCUT2D eigenvalue weighted by molar-refractivity contribution is 0.0988. The first-order valence-electron chi connectivity index (χ1n) is 7.59. The quantitative estimate of drug-likeness (QED) is 0.850. The molecule has 2 atom stereocenters. The Morgan fingerprint density at radius 1 is 1.18 bits per heavy atom. The molecule has 0 radical (unpaired) electrons. The van der Waals surface area contributed by atoms with Gasteiger partial charge in [0.05, 0.1) is 0 Å². The third-order valence-corrected chi connectivity index (χ3v) is 5.44. The largest absolute Gasteiger partial charge is 0.327 e. The summed E-state index contributed by atoms with van der Waals surface area (Å²) in [6.07, 6.45) is 1.84. The fourth-order valence-corrected chi connectivity index (χ4v) is 4.27. The number of carbonyl (C=O) groups excluding carboxylic acids is 1. The third-order valence-electron chi connectivity index (χ3n) is 4.70. The summed E-state index contributed by atoms with van der Waals surface area (Å²) in [6.45, 7) is 0.736. The van der Waals surface area contributed by atoms with Crippen LogP contribution in [0.15, 0.2) is 46.9 Å². The van der Waals surface area contributed by atoms with E-state index in [2.05, 4.69) is 22.0 Å². The van der Waals surface area contributed by atoms with E-state index in [1.807, 2.05) is 41.3 Å². The Labute approximate surface area is 138 Å². The molecule has 0 unspecified atom stereocenters. The molecule has 0 bridgehead atoms. The van der Waals surface area contributed by atoms with Crippen LogP contribution >= 0.6 is 15.9 Å². The molecule has 0 saturated carbocycles. The fraction of sp³-hybridized carbons (Fsp3) is 0.278. The van der Waals surface area contributed by atoms with Crippen LogP contribution in [0.25, 0.3) is 0 Å². The van der Waals surface area contributed by atoms with Crippen LogP contribution in [0.5, 0.6) is 0 Å². The van der Waals surface area contributed by atoms with Gasteiger partial charge in [0, 0.05) is 34.2 Å². The molecule has 4 heteroatoms. The van der Waals surface area contributed by atoms with Gasteiger partial charge in [-0.15, -0.1) is 0 Å². The van der Waals surface area contributed by atoms with E-state index in [0.29, 0.717) is 5.92 Å². The van der Waals surface area contributed by atoms with Gasteiger partial charge in [0.15, 0.2) is 0 Å². The van der Waals surface area contributed by atoms with Gasteiger partial charge in [-0.1, -0.05) is 34.1 Å². The number of anilines is 1. The van der Waals surface area contributed by atoms with Crippen LogP contribution in [0, 0.1) is 0 Å². The van der Waals surface area contributed by atoms with Crippen molar-refractivity contribution in [3.8, 4) is 0 Å². The molecule has 1 heterocycles. The van der Waals surface area contributed by atoms with Crippen LogP contribution in [0.1, 0.15) is 33.8 Å². The second kappa shape index (κ2) is 5.21. The molecule has 1 amide bonds. The molecule has 0 saturated heterocycles. The Kier molecular flexibility index (Phi) is 3.31. The number of halogens is 1. The Hall–Kier alpha value is -1.65. The highest BCUT2D eigenvalue weighted by molar-refractivity contribution is 9.10. The lowest BCUT2D eigenvalue weighted by Gasteiger charge is -2.26. The average Bonchev–Trinajstić information content (AvgIpc) is 2.90. The Balaban J connectivity index is 1.79. The topological polar surface area (TPSA) is 46.3 Å². The van der Waals surface area contributed by atoms with Crippen LogP contribution < -0.4 is 10.6 Å². The zero-order valence-corrected chi connectivity index (χ0v) is 13.7. The van der Waals surface area contributed by atoms with Crippen molar-refractivity contribution in [2.24, 2.45) is 5.73 Å². The van der Waals surface area contributed by atoms with E-state index >= 15 is 0 Å². The predicted molar refractivity (Wildman–Crippen MR) is 91.3 cm³/mol. The number of benzene rings is 2. The van der Waals surface area contributed by atoms with Gasteiger partial charge in [-0.05, 0) is 48.2 Å². The van der Waals surface area contributed by atoms with E-state index in [-0.39, 0.29) is 11.9 Å². The van der Waals surface area contributed by atoms with Crippen molar-refractivity contribution in [2.75, 3.05) is 11.4 Å². The van der Waals surface area contributed by atoms with Crippen LogP contribution in [0.4, 0.5) is 5.69 Å². The minimum Gasteiger partial charge on any atom is -0.327 e. The molecule has 1 aliphatic heterocycles. The van der Waals surface area contributed by atoms with Crippen LogP contribution in [-0.2, 0) is 6.42 Å². The van der Waals surface area contributed by atoms with E-state index in [9.17, 15) is 4.79 Å². The van der Waals surface area contributed by atoms with Gasteiger partial charge in [0.25, 0.3) is 5.91 Å². The number of nitrogens with zero attached hydrogens (tertiary/aromatic N) is 1. The molecular formula is C18H17BrN2O. The normalized spacial score (nSPS) is 22.5. The third kappa shape index (κ3) is 2.09. The highest BCUT2D eigenvalue weighted by Crippen LogP contribution is 2.46. The van der Waals surface area contributed by atoms with Gasteiger partial charge in [-0.2, -0.15) is 0 Å². The predicted octanol–water partition coefficient (Wildman–Crippen LogP) is 3.47. The smallest absolute Gasteiger partial charge is 0.258 e. The molecular weight excluding hydrogens is 340 g/mol. The molecule has 4 rings (SSSR count). The summed E-state index contributed by atoms with van der Waals surface area (Å²) >= 11 is 3.64. The summed E-state index contributed by atoms with van der Waals surface area (Å²) < 4.78 is 1.11. The maximum atomic E-state index is 12.9. The summed E-state index contributed by atoms with van der Waals surface area (Å²) in [5.74, 6) is 0.437. The average molecular weight is 357 g/mol. The highest BCUT2D eigenvalue weighted by atomic mass is 79.9. The molecule has 22 heavy (non-hydrogen) atoms. The van der Waals surface area contributed by atoms with Gasteiger partial charge in [0.1, 0.15) is 0 Å². The minimum absolute atomic E-state index is 0.0769. The zero-order valence-electron chi connectivity index (χ0n) is 12.1. The molecule has 0 aromatic heterocycles. The Morgan fingerprint density at radius 2 is 1.95 bits per heavy atom. The van der Waals surface area contributed by atoms with E-state index in [1.165, 1.54) is 11.1 Å². The highest BCUT2D eigenvalue weighted by Gasteiger charge is 2.38. The molecule has 3 nitrogen and oxygen atoms in total. The molecule has 0 fully saturated rings. The van der Waals surface area contributed by atoms with Gasteiger partial charge < -0.3 is 10.6 Å². The van der Waals surface area contributed by atoms with Gasteiger partial charge in [-0.25, -0.2) is 0 Å². The molecule has 2 N–H and O–H groups in total.